The largest absolute Gasteiger partial charge is 0.444 e. The van der Waals surface area contributed by atoms with Crippen LogP contribution in [0.2, 0.25) is 0 Å². The van der Waals surface area contributed by atoms with Crippen molar-refractivity contribution >= 4 is 29.1 Å². The number of alkyl carbamates (subject to hydrolysis) is 1. The average Bonchev–Trinajstić information content (AvgIpc) is 2.57. The van der Waals surface area contributed by atoms with Crippen LogP contribution >= 0.6 is 0 Å². The minimum absolute atomic E-state index is 0.144. The molecule has 1 heterocycles. The molecule has 2 rings (SSSR count). The lowest BCUT2D eigenvalue weighted by molar-refractivity contribution is -0.114. The lowest BCUT2D eigenvalue weighted by Crippen LogP contribution is -2.33. The maximum absolute atomic E-state index is 11.7. The van der Waals surface area contributed by atoms with E-state index in [1.807, 2.05) is 65.0 Å². The van der Waals surface area contributed by atoms with E-state index in [1.54, 1.807) is 0 Å². The lowest BCUT2D eigenvalue weighted by atomic mass is 10.1. The van der Waals surface area contributed by atoms with E-state index in [4.69, 9.17) is 4.74 Å². The van der Waals surface area contributed by atoms with Crippen molar-refractivity contribution in [3.05, 3.63) is 47.3 Å². The minimum Gasteiger partial charge on any atom is -0.444 e. The Labute approximate surface area is 172 Å². The summed E-state index contributed by atoms with van der Waals surface area (Å²) < 4.78 is 5.22. The summed E-state index contributed by atoms with van der Waals surface area (Å²) in [6, 6.07) is 9.82. The third kappa shape index (κ3) is 7.44. The number of pyridine rings is 1. The van der Waals surface area contributed by atoms with Crippen LogP contribution < -0.4 is 16.0 Å². The Morgan fingerprint density at radius 1 is 1.10 bits per heavy atom. The maximum atomic E-state index is 11.7. The molecule has 0 unspecified atom stereocenters. The van der Waals surface area contributed by atoms with Crippen molar-refractivity contribution in [1.82, 2.24) is 10.3 Å². The van der Waals surface area contributed by atoms with E-state index in [9.17, 15) is 9.59 Å². The lowest BCUT2D eigenvalue weighted by Gasteiger charge is -2.19. The van der Waals surface area contributed by atoms with Crippen LogP contribution in [0.3, 0.4) is 0 Å². The number of amides is 2. The van der Waals surface area contributed by atoms with E-state index < -0.39 is 11.7 Å². The van der Waals surface area contributed by atoms with Gasteiger partial charge in [0.2, 0.25) is 5.91 Å². The van der Waals surface area contributed by atoms with E-state index in [-0.39, 0.29) is 5.91 Å². The molecule has 2 aromatic rings. The summed E-state index contributed by atoms with van der Waals surface area (Å²) in [4.78, 5) is 27.6. The summed E-state index contributed by atoms with van der Waals surface area (Å²) in [5, 5.41) is 8.94. The summed E-state index contributed by atoms with van der Waals surface area (Å²) in [6.07, 6.45) is 0.286. The molecule has 1 aromatic carbocycles. The van der Waals surface area contributed by atoms with E-state index >= 15 is 0 Å². The first-order valence-electron chi connectivity index (χ1n) is 9.62. The van der Waals surface area contributed by atoms with Crippen molar-refractivity contribution in [3.8, 4) is 0 Å². The summed E-state index contributed by atoms with van der Waals surface area (Å²) in [6.45, 7) is 11.3. The molecule has 156 valence electrons. The Hall–Kier alpha value is -3.09. The maximum Gasteiger partial charge on any atom is 0.407 e. The van der Waals surface area contributed by atoms with Crippen LogP contribution in [0.5, 0.6) is 0 Å². The fourth-order valence-electron chi connectivity index (χ4n) is 2.79. The second kappa shape index (κ2) is 9.41. The fraction of sp³-hybridized carbons (Fsp3) is 0.409. The van der Waals surface area contributed by atoms with Gasteiger partial charge in [0.15, 0.2) is 0 Å². The average molecular weight is 399 g/mol. The molecule has 3 N–H and O–H groups in total. The van der Waals surface area contributed by atoms with Gasteiger partial charge in [-0.15, -0.1) is 0 Å². The number of rotatable bonds is 6. The normalized spacial score (nSPS) is 11.0. The van der Waals surface area contributed by atoms with Gasteiger partial charge in [-0.25, -0.2) is 4.79 Å². The molecular weight excluding hydrogens is 368 g/mol. The van der Waals surface area contributed by atoms with Gasteiger partial charge >= 0.3 is 6.09 Å². The smallest absolute Gasteiger partial charge is 0.407 e. The van der Waals surface area contributed by atoms with Crippen molar-refractivity contribution in [2.45, 2.75) is 53.6 Å². The Morgan fingerprint density at radius 3 is 2.34 bits per heavy atom. The minimum atomic E-state index is -0.503. The molecule has 0 radical (unpaired) electrons. The van der Waals surface area contributed by atoms with Gasteiger partial charge in [0.05, 0.1) is 17.1 Å². The molecule has 0 fully saturated rings. The molecule has 0 aliphatic heterocycles. The molecule has 0 aliphatic rings. The summed E-state index contributed by atoms with van der Waals surface area (Å²) in [5.41, 5.74) is 4.58. The first kappa shape index (κ1) is 22.2. The van der Waals surface area contributed by atoms with Crippen LogP contribution in [0.15, 0.2) is 30.3 Å². The van der Waals surface area contributed by atoms with Crippen LogP contribution in [0.1, 0.15) is 44.6 Å². The SMILES string of the molecule is CC(=O)Nc1c(Nc2ccc(CCNC(=O)OC(C)(C)C)cc2)cc(C)nc1C. The second-order valence-corrected chi connectivity index (χ2v) is 7.95. The molecule has 7 nitrogen and oxygen atoms in total. The molecule has 0 saturated carbocycles. The highest BCUT2D eigenvalue weighted by molar-refractivity contribution is 5.94. The van der Waals surface area contributed by atoms with Crippen molar-refractivity contribution in [3.63, 3.8) is 0 Å². The number of carbonyl (C=O) groups excluding carboxylic acids is 2. The zero-order valence-corrected chi connectivity index (χ0v) is 18.0. The summed E-state index contributed by atoms with van der Waals surface area (Å²) in [7, 11) is 0. The van der Waals surface area contributed by atoms with Gasteiger partial charge in [-0.2, -0.15) is 0 Å². The first-order chi connectivity index (χ1) is 13.5. The van der Waals surface area contributed by atoms with Crippen LogP contribution in [-0.4, -0.2) is 29.1 Å². The fourth-order valence-corrected chi connectivity index (χ4v) is 2.79. The topological polar surface area (TPSA) is 92.4 Å². The third-order valence-electron chi connectivity index (χ3n) is 3.94. The van der Waals surface area contributed by atoms with Gasteiger partial charge in [-0.1, -0.05) is 12.1 Å². The zero-order chi connectivity index (χ0) is 21.6. The molecule has 7 heteroatoms. The number of ether oxygens (including phenoxy) is 1. The van der Waals surface area contributed by atoms with Crippen LogP contribution in [0, 0.1) is 13.8 Å². The molecule has 29 heavy (non-hydrogen) atoms. The first-order valence-corrected chi connectivity index (χ1v) is 9.62. The van der Waals surface area contributed by atoms with Crippen molar-refractivity contribution in [1.29, 1.82) is 0 Å². The van der Waals surface area contributed by atoms with Crippen LogP contribution in [-0.2, 0) is 16.0 Å². The Kier molecular flexibility index (Phi) is 7.20. The third-order valence-corrected chi connectivity index (χ3v) is 3.94. The number of aromatic nitrogens is 1. The van der Waals surface area contributed by atoms with E-state index in [1.165, 1.54) is 6.92 Å². The number of hydrogen-bond acceptors (Lipinski definition) is 5. The Balaban J connectivity index is 1.99. The van der Waals surface area contributed by atoms with Crippen molar-refractivity contribution in [2.75, 3.05) is 17.2 Å². The van der Waals surface area contributed by atoms with Crippen LogP contribution in [0.4, 0.5) is 21.9 Å². The quantitative estimate of drug-likeness (QED) is 0.668. The number of nitrogens with zero attached hydrogens (tertiary/aromatic N) is 1. The predicted molar refractivity (Wildman–Crippen MR) is 116 cm³/mol. The molecule has 0 bridgehead atoms. The summed E-state index contributed by atoms with van der Waals surface area (Å²) in [5.74, 6) is -0.144. The standard InChI is InChI=1S/C22H30N4O3/c1-14-13-19(20(15(2)24-14)25-16(3)27)26-18-9-7-17(8-10-18)11-12-23-21(28)29-22(4,5)6/h7-10,13H,11-12H2,1-6H3,(H,23,28)(H,24,26)(H,25,27). The van der Waals surface area contributed by atoms with E-state index in [2.05, 4.69) is 20.9 Å². The second-order valence-electron chi connectivity index (χ2n) is 7.95. The predicted octanol–water partition coefficient (Wildman–Crippen LogP) is 4.47. The highest BCUT2D eigenvalue weighted by Gasteiger charge is 2.15. The molecule has 1 aromatic heterocycles. The monoisotopic (exact) mass is 398 g/mol. The van der Waals surface area contributed by atoms with Gasteiger partial charge in [0.25, 0.3) is 0 Å². The number of nitrogens with one attached hydrogen (secondary N) is 3. The highest BCUT2D eigenvalue weighted by Crippen LogP contribution is 2.29. The molecule has 0 saturated heterocycles. The number of hydrogen-bond donors (Lipinski definition) is 3. The summed E-state index contributed by atoms with van der Waals surface area (Å²) >= 11 is 0. The molecule has 2 amide bonds. The molecule has 0 aliphatic carbocycles. The number of benzene rings is 1. The zero-order valence-electron chi connectivity index (χ0n) is 18.0. The van der Waals surface area contributed by atoms with Gasteiger partial charge in [-0.05, 0) is 64.8 Å². The van der Waals surface area contributed by atoms with Gasteiger partial charge in [0.1, 0.15) is 5.60 Å². The number of aryl methyl sites for hydroxylation is 2. The van der Waals surface area contributed by atoms with Gasteiger partial charge in [0, 0.05) is 24.8 Å². The Bertz CT molecular complexity index is 871. The van der Waals surface area contributed by atoms with Gasteiger partial charge in [-0.3, -0.25) is 9.78 Å². The van der Waals surface area contributed by atoms with Gasteiger partial charge < -0.3 is 20.7 Å². The highest BCUT2D eigenvalue weighted by atomic mass is 16.6. The Morgan fingerprint density at radius 2 is 1.76 bits per heavy atom. The van der Waals surface area contributed by atoms with Crippen LogP contribution in [0.25, 0.3) is 0 Å². The number of anilines is 3. The van der Waals surface area contributed by atoms with Crippen molar-refractivity contribution < 1.29 is 14.3 Å². The number of carbonyl (C=O) groups is 2. The van der Waals surface area contributed by atoms with Crippen molar-refractivity contribution in [2.24, 2.45) is 0 Å². The van der Waals surface area contributed by atoms with E-state index in [0.29, 0.717) is 18.7 Å². The van der Waals surface area contributed by atoms with E-state index in [0.717, 1.165) is 28.3 Å². The molecular formula is C22H30N4O3. The molecule has 0 spiro atoms. The molecule has 0 atom stereocenters.